The first-order chi connectivity index (χ1) is 12.6. The molecule has 148 valence electrons. The highest BCUT2D eigenvalue weighted by Crippen LogP contribution is 2.27. The third-order valence-corrected chi connectivity index (χ3v) is 4.90. The smallest absolute Gasteiger partial charge is 0.422 e. The monoisotopic (exact) mass is 407 g/mol. The zero-order valence-electron chi connectivity index (χ0n) is 14.3. The van der Waals surface area contributed by atoms with Crippen molar-refractivity contribution >= 4 is 15.9 Å². The largest absolute Gasteiger partial charge is 0.467 e. The van der Waals surface area contributed by atoms with Gasteiger partial charge in [0.05, 0.1) is 0 Å². The topological polar surface area (TPSA) is 107 Å². The average molecular weight is 407 g/mol. The van der Waals surface area contributed by atoms with Crippen LogP contribution in [0.1, 0.15) is 13.8 Å². The molecule has 2 rings (SSSR count). The lowest BCUT2D eigenvalue weighted by Gasteiger charge is -2.17. The number of sulfone groups is 1. The van der Waals surface area contributed by atoms with E-state index in [1.165, 1.54) is 11.0 Å². The van der Waals surface area contributed by atoms with Gasteiger partial charge < -0.3 is 9.64 Å². The van der Waals surface area contributed by atoms with Crippen molar-refractivity contribution in [1.82, 2.24) is 24.6 Å². The Morgan fingerprint density at radius 3 is 2.52 bits per heavy atom. The Morgan fingerprint density at radius 2 is 1.93 bits per heavy atom. The molecule has 13 heteroatoms. The molecule has 0 aliphatic carbocycles. The molecule has 0 bridgehead atoms. The predicted octanol–water partition coefficient (Wildman–Crippen LogP) is 1.76. The summed E-state index contributed by atoms with van der Waals surface area (Å²) < 4.78 is 67.6. The van der Waals surface area contributed by atoms with Crippen molar-refractivity contribution in [2.24, 2.45) is 0 Å². The van der Waals surface area contributed by atoms with Crippen molar-refractivity contribution in [2.75, 3.05) is 19.7 Å². The molecule has 0 saturated heterocycles. The van der Waals surface area contributed by atoms with Crippen LogP contribution in [0.4, 0.5) is 18.0 Å². The van der Waals surface area contributed by atoms with Crippen LogP contribution in [0.2, 0.25) is 0 Å². The highest BCUT2D eigenvalue weighted by atomic mass is 32.2. The van der Waals surface area contributed by atoms with Crippen LogP contribution in [-0.2, 0) is 9.84 Å². The first-order valence-electron chi connectivity index (χ1n) is 7.70. The Bertz CT molecular complexity index is 909. The number of nitrogens with zero attached hydrogens (tertiary/aromatic N) is 5. The Labute approximate surface area is 152 Å². The van der Waals surface area contributed by atoms with E-state index in [9.17, 15) is 26.4 Å². The maximum atomic E-state index is 12.7. The van der Waals surface area contributed by atoms with Gasteiger partial charge in [-0.05, 0) is 26.0 Å². The van der Waals surface area contributed by atoms with Gasteiger partial charge in [-0.25, -0.2) is 23.2 Å². The van der Waals surface area contributed by atoms with Gasteiger partial charge in [0.2, 0.25) is 15.7 Å². The van der Waals surface area contributed by atoms with E-state index in [0.717, 1.165) is 23.3 Å². The molecule has 0 aromatic carbocycles. The SMILES string of the molecule is CCN(CC)C(=O)n1cnc(S(=O)(=O)c2cccnc2OCC(F)(F)F)n1. The minimum Gasteiger partial charge on any atom is -0.467 e. The van der Waals surface area contributed by atoms with E-state index < -0.39 is 44.6 Å². The maximum Gasteiger partial charge on any atom is 0.422 e. The fourth-order valence-electron chi connectivity index (χ4n) is 2.04. The van der Waals surface area contributed by atoms with Crippen molar-refractivity contribution in [1.29, 1.82) is 0 Å². The van der Waals surface area contributed by atoms with Crippen LogP contribution in [0.5, 0.6) is 5.88 Å². The number of halogens is 3. The molecule has 2 aromatic heterocycles. The van der Waals surface area contributed by atoms with Gasteiger partial charge >= 0.3 is 12.2 Å². The summed E-state index contributed by atoms with van der Waals surface area (Å²) in [5.41, 5.74) is 0. The number of amides is 1. The van der Waals surface area contributed by atoms with Gasteiger partial charge in [-0.3, -0.25) is 0 Å². The summed E-state index contributed by atoms with van der Waals surface area (Å²) in [6.45, 7) is 2.49. The van der Waals surface area contributed by atoms with E-state index in [4.69, 9.17) is 0 Å². The lowest BCUT2D eigenvalue weighted by atomic mass is 10.5. The Hall–Kier alpha value is -2.70. The summed E-state index contributed by atoms with van der Waals surface area (Å²) in [5.74, 6) is -0.735. The Kier molecular flexibility index (Phi) is 6.03. The molecular weight excluding hydrogens is 391 g/mol. The van der Waals surface area contributed by atoms with E-state index in [-0.39, 0.29) is 0 Å². The summed E-state index contributed by atoms with van der Waals surface area (Å²) in [6, 6.07) is 1.64. The fraction of sp³-hybridized carbons (Fsp3) is 0.429. The third kappa shape index (κ3) is 4.72. The molecule has 2 heterocycles. The molecule has 0 spiro atoms. The van der Waals surface area contributed by atoms with Crippen LogP contribution >= 0.6 is 0 Å². The normalized spacial score (nSPS) is 12.0. The van der Waals surface area contributed by atoms with Crippen LogP contribution in [0.15, 0.2) is 34.7 Å². The van der Waals surface area contributed by atoms with Crippen molar-refractivity contribution in [3.8, 4) is 5.88 Å². The standard InChI is InChI=1S/C14H16F3N5O4S/c1-3-21(4-2)13(23)22-9-19-12(20-22)27(24,25)10-6-5-7-18-11(10)26-8-14(15,16)17/h5-7,9H,3-4,8H2,1-2H3. The first kappa shape index (κ1) is 20.6. The zero-order valence-corrected chi connectivity index (χ0v) is 15.2. The zero-order chi connectivity index (χ0) is 20.2. The third-order valence-electron chi connectivity index (χ3n) is 3.34. The molecule has 0 atom stereocenters. The summed E-state index contributed by atoms with van der Waals surface area (Å²) in [6.07, 6.45) is -2.67. The summed E-state index contributed by atoms with van der Waals surface area (Å²) in [7, 11) is -4.46. The van der Waals surface area contributed by atoms with Crippen molar-refractivity contribution in [3.63, 3.8) is 0 Å². The van der Waals surface area contributed by atoms with Crippen molar-refractivity contribution in [2.45, 2.75) is 30.1 Å². The van der Waals surface area contributed by atoms with E-state index in [2.05, 4.69) is 19.8 Å². The molecule has 0 unspecified atom stereocenters. The number of pyridine rings is 1. The van der Waals surface area contributed by atoms with Crippen LogP contribution in [0, 0.1) is 0 Å². The van der Waals surface area contributed by atoms with Crippen LogP contribution in [-0.4, -0.2) is 65.0 Å². The number of ether oxygens (including phenoxy) is 1. The second-order valence-electron chi connectivity index (χ2n) is 5.14. The van der Waals surface area contributed by atoms with Gasteiger partial charge in [-0.2, -0.15) is 17.9 Å². The van der Waals surface area contributed by atoms with Gasteiger partial charge in [-0.1, -0.05) is 0 Å². The average Bonchev–Trinajstić information content (AvgIpc) is 3.11. The number of carbonyl (C=O) groups excluding carboxylic acids is 1. The molecule has 0 saturated carbocycles. The highest BCUT2D eigenvalue weighted by molar-refractivity contribution is 7.91. The second-order valence-corrected chi connectivity index (χ2v) is 6.95. The van der Waals surface area contributed by atoms with E-state index in [1.54, 1.807) is 13.8 Å². The number of aromatic nitrogens is 4. The number of hydrogen-bond donors (Lipinski definition) is 0. The molecule has 0 N–H and O–H groups in total. The Balaban J connectivity index is 2.36. The number of hydrogen-bond acceptors (Lipinski definition) is 7. The van der Waals surface area contributed by atoms with Crippen LogP contribution < -0.4 is 4.74 Å². The second kappa shape index (κ2) is 7.90. The van der Waals surface area contributed by atoms with E-state index >= 15 is 0 Å². The van der Waals surface area contributed by atoms with Crippen molar-refractivity contribution in [3.05, 3.63) is 24.7 Å². The Morgan fingerprint density at radius 1 is 1.26 bits per heavy atom. The molecule has 27 heavy (non-hydrogen) atoms. The maximum absolute atomic E-state index is 12.7. The number of carbonyl (C=O) groups is 1. The molecule has 0 radical (unpaired) electrons. The van der Waals surface area contributed by atoms with E-state index in [1.807, 2.05) is 0 Å². The van der Waals surface area contributed by atoms with Gasteiger partial charge in [-0.15, -0.1) is 5.10 Å². The molecule has 2 aromatic rings. The first-order valence-corrected chi connectivity index (χ1v) is 9.19. The summed E-state index contributed by atoms with van der Waals surface area (Å²) >= 11 is 0. The van der Waals surface area contributed by atoms with Gasteiger partial charge in [0.25, 0.3) is 5.16 Å². The van der Waals surface area contributed by atoms with Gasteiger partial charge in [0.1, 0.15) is 11.2 Å². The highest BCUT2D eigenvalue weighted by Gasteiger charge is 2.32. The van der Waals surface area contributed by atoms with Crippen LogP contribution in [0.25, 0.3) is 0 Å². The van der Waals surface area contributed by atoms with Gasteiger partial charge in [0.15, 0.2) is 6.61 Å². The minimum atomic E-state index is -4.67. The summed E-state index contributed by atoms with van der Waals surface area (Å²) in [4.78, 5) is 20.1. The predicted molar refractivity (Wildman–Crippen MR) is 85.0 cm³/mol. The molecular formula is C14H16F3N5O4S. The van der Waals surface area contributed by atoms with Gasteiger partial charge in [0, 0.05) is 19.3 Å². The lowest BCUT2D eigenvalue weighted by molar-refractivity contribution is -0.154. The number of rotatable bonds is 6. The van der Waals surface area contributed by atoms with Crippen molar-refractivity contribution < 1.29 is 31.1 Å². The van der Waals surface area contributed by atoms with Crippen LogP contribution in [0.3, 0.4) is 0 Å². The molecule has 0 aliphatic heterocycles. The molecule has 1 amide bonds. The van der Waals surface area contributed by atoms with E-state index in [0.29, 0.717) is 13.1 Å². The molecule has 0 aliphatic rings. The fourth-order valence-corrected chi connectivity index (χ4v) is 3.22. The quantitative estimate of drug-likeness (QED) is 0.718. The number of alkyl halides is 3. The molecule has 0 fully saturated rings. The summed E-state index contributed by atoms with van der Waals surface area (Å²) in [5, 5.41) is 2.89. The molecule has 9 nitrogen and oxygen atoms in total. The minimum absolute atomic E-state index is 0.370. The lowest BCUT2D eigenvalue weighted by Crippen LogP contribution is -2.34.